The molecule has 0 spiro atoms. The second kappa shape index (κ2) is 9.79. The fraction of sp³-hybridized carbons (Fsp3) is 0.400. The molecule has 35 heavy (non-hydrogen) atoms. The van der Waals surface area contributed by atoms with E-state index in [0.29, 0.717) is 31.1 Å². The topological polar surface area (TPSA) is 54.2 Å². The smallest absolute Gasteiger partial charge is 0.416 e. The van der Waals surface area contributed by atoms with Crippen molar-refractivity contribution in [2.75, 3.05) is 58.0 Å². The van der Waals surface area contributed by atoms with Gasteiger partial charge in [0.2, 0.25) is 6.79 Å². The standard InChI is InChI=1S/C25H27F3N4O3/c1-30(16-21-15-22(29-35-21)18-5-6-23-24(13-18)34-17-33-23)7-8-31-9-11-32(12-10-31)20-4-2-3-19(14-20)25(26,27)28/h2-6,13-15H,7-12,16-17H2,1H3. The molecule has 5 rings (SSSR count). The van der Waals surface area contributed by atoms with Gasteiger partial charge >= 0.3 is 6.18 Å². The number of ether oxygens (including phenoxy) is 2. The monoisotopic (exact) mass is 488 g/mol. The van der Waals surface area contributed by atoms with Crippen LogP contribution in [0.25, 0.3) is 11.3 Å². The maximum atomic E-state index is 13.0. The summed E-state index contributed by atoms with van der Waals surface area (Å²) in [7, 11) is 2.03. The Kier molecular flexibility index (Phi) is 6.57. The molecule has 7 nitrogen and oxygen atoms in total. The lowest BCUT2D eigenvalue weighted by atomic mass is 10.1. The molecule has 2 aliphatic heterocycles. The van der Waals surface area contributed by atoms with E-state index in [9.17, 15) is 13.2 Å². The van der Waals surface area contributed by atoms with Crippen LogP contribution in [0.5, 0.6) is 11.5 Å². The Balaban J connectivity index is 1.08. The minimum Gasteiger partial charge on any atom is -0.454 e. The second-order valence-corrected chi connectivity index (χ2v) is 8.86. The number of hydrogen-bond donors (Lipinski definition) is 0. The molecule has 3 aromatic rings. The van der Waals surface area contributed by atoms with Crippen LogP contribution in [0.15, 0.2) is 53.1 Å². The van der Waals surface area contributed by atoms with Gasteiger partial charge in [0.15, 0.2) is 17.3 Å². The molecule has 10 heteroatoms. The van der Waals surface area contributed by atoms with Crippen molar-refractivity contribution in [1.29, 1.82) is 0 Å². The van der Waals surface area contributed by atoms with Crippen molar-refractivity contribution >= 4 is 5.69 Å². The highest BCUT2D eigenvalue weighted by Gasteiger charge is 2.31. The van der Waals surface area contributed by atoms with Crippen molar-refractivity contribution in [3.05, 3.63) is 59.9 Å². The minimum absolute atomic E-state index is 0.230. The van der Waals surface area contributed by atoms with Gasteiger partial charge in [-0.3, -0.25) is 9.80 Å². The maximum absolute atomic E-state index is 13.0. The molecule has 1 saturated heterocycles. The second-order valence-electron chi connectivity index (χ2n) is 8.86. The van der Waals surface area contributed by atoms with Crippen LogP contribution in [0.3, 0.4) is 0 Å². The van der Waals surface area contributed by atoms with E-state index in [1.54, 1.807) is 6.07 Å². The highest BCUT2D eigenvalue weighted by molar-refractivity contribution is 5.64. The first-order valence-electron chi connectivity index (χ1n) is 11.5. The highest BCUT2D eigenvalue weighted by Crippen LogP contribution is 2.36. The Hall–Kier alpha value is -3.24. The first-order valence-corrected chi connectivity index (χ1v) is 11.5. The zero-order chi connectivity index (χ0) is 24.4. The lowest BCUT2D eigenvalue weighted by Crippen LogP contribution is -2.48. The van der Waals surface area contributed by atoms with Crippen molar-refractivity contribution < 1.29 is 27.2 Å². The third-order valence-corrected chi connectivity index (χ3v) is 6.36. The molecule has 0 radical (unpaired) electrons. The Morgan fingerprint density at radius 2 is 1.77 bits per heavy atom. The van der Waals surface area contributed by atoms with Gasteiger partial charge in [-0.1, -0.05) is 11.2 Å². The summed E-state index contributed by atoms with van der Waals surface area (Å²) in [6.07, 6.45) is -4.32. The molecule has 186 valence electrons. The molecule has 0 saturated carbocycles. The Labute approximate surface area is 201 Å². The summed E-state index contributed by atoms with van der Waals surface area (Å²) in [5.41, 5.74) is 1.68. The van der Waals surface area contributed by atoms with Crippen molar-refractivity contribution in [3.8, 4) is 22.8 Å². The number of hydrogen-bond acceptors (Lipinski definition) is 7. The van der Waals surface area contributed by atoms with Crippen LogP contribution in [0.2, 0.25) is 0 Å². The van der Waals surface area contributed by atoms with Crippen LogP contribution in [0.4, 0.5) is 18.9 Å². The van der Waals surface area contributed by atoms with Gasteiger partial charge in [0.25, 0.3) is 0 Å². The Morgan fingerprint density at radius 3 is 2.57 bits per heavy atom. The number of benzene rings is 2. The van der Waals surface area contributed by atoms with Gasteiger partial charge in [0, 0.05) is 56.6 Å². The quantitative estimate of drug-likeness (QED) is 0.490. The maximum Gasteiger partial charge on any atom is 0.416 e. The van der Waals surface area contributed by atoms with E-state index in [1.165, 1.54) is 12.1 Å². The summed E-state index contributed by atoms with van der Waals surface area (Å²) in [5.74, 6) is 2.21. The third kappa shape index (κ3) is 5.54. The van der Waals surface area contributed by atoms with Gasteiger partial charge in [-0.15, -0.1) is 0 Å². The molecule has 0 aliphatic carbocycles. The zero-order valence-corrected chi connectivity index (χ0v) is 19.4. The van der Waals surface area contributed by atoms with E-state index < -0.39 is 11.7 Å². The van der Waals surface area contributed by atoms with Crippen molar-refractivity contribution in [2.45, 2.75) is 12.7 Å². The van der Waals surface area contributed by atoms with Gasteiger partial charge in [-0.05, 0) is 43.4 Å². The number of halogens is 3. The summed E-state index contributed by atoms with van der Waals surface area (Å²) in [5, 5.41) is 4.19. The summed E-state index contributed by atoms with van der Waals surface area (Å²) < 4.78 is 55.4. The summed E-state index contributed by atoms with van der Waals surface area (Å²) in [4.78, 5) is 6.52. The van der Waals surface area contributed by atoms with Crippen molar-refractivity contribution in [1.82, 2.24) is 15.0 Å². The predicted octanol–water partition coefficient (Wildman–Crippen LogP) is 4.34. The largest absolute Gasteiger partial charge is 0.454 e. The van der Waals surface area contributed by atoms with E-state index in [-0.39, 0.29) is 6.79 Å². The molecule has 0 bridgehead atoms. The van der Waals surface area contributed by atoms with Gasteiger partial charge in [0.1, 0.15) is 5.69 Å². The number of piperazine rings is 1. The number of fused-ring (bicyclic) bond motifs is 1. The number of nitrogens with zero attached hydrogens (tertiary/aromatic N) is 4. The number of anilines is 1. The van der Waals surface area contributed by atoms with E-state index in [0.717, 1.165) is 55.0 Å². The predicted molar refractivity (Wildman–Crippen MR) is 124 cm³/mol. The van der Waals surface area contributed by atoms with E-state index in [4.69, 9.17) is 14.0 Å². The van der Waals surface area contributed by atoms with Crippen LogP contribution in [-0.2, 0) is 12.7 Å². The SMILES string of the molecule is CN(CCN1CCN(c2cccc(C(F)(F)F)c2)CC1)Cc1cc(-c2ccc3c(c2)OCO3)no1. The van der Waals surface area contributed by atoms with Gasteiger partial charge < -0.3 is 18.9 Å². The molecule has 0 unspecified atom stereocenters. The van der Waals surface area contributed by atoms with Gasteiger partial charge in [-0.2, -0.15) is 13.2 Å². The number of alkyl halides is 3. The fourth-order valence-electron chi connectivity index (χ4n) is 4.35. The number of likely N-dealkylation sites (N-methyl/N-ethyl adjacent to an activating group) is 1. The molecular formula is C25H27F3N4O3. The zero-order valence-electron chi connectivity index (χ0n) is 19.4. The van der Waals surface area contributed by atoms with Crippen LogP contribution < -0.4 is 14.4 Å². The lowest BCUT2D eigenvalue weighted by Gasteiger charge is -2.36. The average molecular weight is 489 g/mol. The van der Waals surface area contributed by atoms with Crippen LogP contribution in [-0.4, -0.2) is 68.1 Å². The third-order valence-electron chi connectivity index (χ3n) is 6.36. The van der Waals surface area contributed by atoms with Crippen molar-refractivity contribution in [3.63, 3.8) is 0 Å². The van der Waals surface area contributed by atoms with Crippen LogP contribution in [0.1, 0.15) is 11.3 Å². The first kappa shape index (κ1) is 23.5. The van der Waals surface area contributed by atoms with Gasteiger partial charge in [-0.25, -0.2) is 0 Å². The number of aromatic nitrogens is 1. The molecule has 0 N–H and O–H groups in total. The molecule has 2 aliphatic rings. The highest BCUT2D eigenvalue weighted by atomic mass is 19.4. The molecule has 0 amide bonds. The first-order chi connectivity index (χ1) is 16.8. The Morgan fingerprint density at radius 1 is 0.971 bits per heavy atom. The fourth-order valence-corrected chi connectivity index (χ4v) is 4.35. The molecule has 1 fully saturated rings. The summed E-state index contributed by atoms with van der Waals surface area (Å²) in [6.45, 7) is 5.58. The molecular weight excluding hydrogens is 461 g/mol. The van der Waals surface area contributed by atoms with Crippen molar-refractivity contribution in [2.24, 2.45) is 0 Å². The lowest BCUT2D eigenvalue weighted by molar-refractivity contribution is -0.137. The van der Waals surface area contributed by atoms with Crippen LogP contribution >= 0.6 is 0 Å². The molecule has 1 aromatic heterocycles. The normalized spacial score (nSPS) is 16.3. The number of rotatable bonds is 7. The summed E-state index contributed by atoms with van der Waals surface area (Å²) in [6, 6.07) is 13.2. The molecule has 0 atom stereocenters. The summed E-state index contributed by atoms with van der Waals surface area (Å²) >= 11 is 0. The average Bonchev–Trinajstić information content (AvgIpc) is 3.52. The molecule has 2 aromatic carbocycles. The molecule has 3 heterocycles. The van der Waals surface area contributed by atoms with Crippen LogP contribution in [0, 0.1) is 0 Å². The van der Waals surface area contributed by atoms with Gasteiger partial charge in [0.05, 0.1) is 12.1 Å². The van der Waals surface area contributed by atoms with E-state index in [1.807, 2.05) is 36.2 Å². The van der Waals surface area contributed by atoms with E-state index in [2.05, 4.69) is 15.0 Å². The van der Waals surface area contributed by atoms with E-state index >= 15 is 0 Å². The minimum atomic E-state index is -4.32. The Bertz CT molecular complexity index is 1160.